The summed E-state index contributed by atoms with van der Waals surface area (Å²) < 4.78 is 26.3. The number of amides is 1. The molecule has 0 radical (unpaired) electrons. The maximum absolute atomic E-state index is 12.6. The highest BCUT2D eigenvalue weighted by atomic mass is 32.2. The second-order valence-corrected chi connectivity index (χ2v) is 6.35. The van der Waals surface area contributed by atoms with Crippen LogP contribution in [0, 0.1) is 0 Å². The SMILES string of the molecule is CNC(=O)c1ccccc1N(C)S(=O)(=O)c1ccccc1. The lowest BCUT2D eigenvalue weighted by Gasteiger charge is -2.21. The molecule has 0 heterocycles. The number of sulfonamides is 1. The summed E-state index contributed by atoms with van der Waals surface area (Å²) in [5.74, 6) is -0.333. The van der Waals surface area contributed by atoms with Crippen LogP contribution in [0.1, 0.15) is 10.4 Å². The molecule has 2 rings (SSSR count). The largest absolute Gasteiger partial charge is 0.355 e. The van der Waals surface area contributed by atoms with Crippen molar-refractivity contribution in [1.82, 2.24) is 5.32 Å². The van der Waals surface area contributed by atoms with E-state index in [4.69, 9.17) is 0 Å². The molecule has 110 valence electrons. The van der Waals surface area contributed by atoms with Crippen molar-refractivity contribution in [3.05, 3.63) is 60.2 Å². The number of benzene rings is 2. The average molecular weight is 304 g/mol. The number of para-hydroxylation sites is 1. The van der Waals surface area contributed by atoms with E-state index in [1.165, 1.54) is 26.2 Å². The standard InChI is InChI=1S/C15H16N2O3S/c1-16-15(18)13-10-6-7-11-14(13)17(2)21(19,20)12-8-4-3-5-9-12/h3-11H,1-2H3,(H,16,18). The van der Waals surface area contributed by atoms with Crippen LogP contribution in [0.4, 0.5) is 5.69 Å². The van der Waals surface area contributed by atoms with Crippen LogP contribution in [0.25, 0.3) is 0 Å². The number of hydrogen-bond donors (Lipinski definition) is 1. The minimum atomic E-state index is -3.70. The smallest absolute Gasteiger partial charge is 0.264 e. The quantitative estimate of drug-likeness (QED) is 0.937. The second kappa shape index (κ2) is 5.97. The molecule has 6 heteroatoms. The molecule has 21 heavy (non-hydrogen) atoms. The molecular weight excluding hydrogens is 288 g/mol. The van der Waals surface area contributed by atoms with Crippen molar-refractivity contribution in [2.75, 3.05) is 18.4 Å². The van der Waals surface area contributed by atoms with Gasteiger partial charge in [0.2, 0.25) is 0 Å². The number of carbonyl (C=O) groups is 1. The zero-order chi connectivity index (χ0) is 15.5. The molecule has 0 atom stereocenters. The maximum Gasteiger partial charge on any atom is 0.264 e. The van der Waals surface area contributed by atoms with Crippen LogP contribution >= 0.6 is 0 Å². The van der Waals surface area contributed by atoms with Gasteiger partial charge in [0.05, 0.1) is 16.1 Å². The third-order valence-electron chi connectivity index (χ3n) is 3.12. The summed E-state index contributed by atoms with van der Waals surface area (Å²) in [6, 6.07) is 14.7. The number of carbonyl (C=O) groups excluding carboxylic acids is 1. The van der Waals surface area contributed by atoms with E-state index in [2.05, 4.69) is 5.32 Å². The summed E-state index contributed by atoms with van der Waals surface area (Å²) >= 11 is 0. The lowest BCUT2D eigenvalue weighted by atomic mass is 10.1. The van der Waals surface area contributed by atoms with E-state index < -0.39 is 10.0 Å². The molecule has 5 nitrogen and oxygen atoms in total. The number of anilines is 1. The normalized spacial score (nSPS) is 11.0. The first-order chi connectivity index (χ1) is 9.98. The average Bonchev–Trinajstić information content (AvgIpc) is 2.54. The van der Waals surface area contributed by atoms with Gasteiger partial charge in [-0.15, -0.1) is 0 Å². The molecule has 0 bridgehead atoms. The molecule has 0 spiro atoms. The van der Waals surface area contributed by atoms with Crippen molar-refractivity contribution >= 4 is 21.6 Å². The summed E-state index contributed by atoms with van der Waals surface area (Å²) in [4.78, 5) is 12.0. The van der Waals surface area contributed by atoms with Gasteiger partial charge in [-0.2, -0.15) is 0 Å². The minimum Gasteiger partial charge on any atom is -0.355 e. The zero-order valence-corrected chi connectivity index (χ0v) is 12.6. The Morgan fingerprint density at radius 2 is 1.57 bits per heavy atom. The van der Waals surface area contributed by atoms with E-state index >= 15 is 0 Å². The van der Waals surface area contributed by atoms with Crippen molar-refractivity contribution in [1.29, 1.82) is 0 Å². The van der Waals surface area contributed by atoms with Crippen molar-refractivity contribution in [2.24, 2.45) is 0 Å². The fourth-order valence-electron chi connectivity index (χ4n) is 1.95. The van der Waals surface area contributed by atoms with Crippen molar-refractivity contribution in [2.45, 2.75) is 4.90 Å². The monoisotopic (exact) mass is 304 g/mol. The Morgan fingerprint density at radius 1 is 1.00 bits per heavy atom. The molecule has 0 aliphatic rings. The fraction of sp³-hybridized carbons (Fsp3) is 0.133. The predicted octanol–water partition coefficient (Wildman–Crippen LogP) is 1.87. The Labute approximate surface area is 124 Å². The van der Waals surface area contributed by atoms with Gasteiger partial charge >= 0.3 is 0 Å². The minimum absolute atomic E-state index is 0.180. The number of nitrogens with zero attached hydrogens (tertiary/aromatic N) is 1. The molecular formula is C15H16N2O3S. The first-order valence-corrected chi connectivity index (χ1v) is 7.77. The van der Waals surface area contributed by atoms with Crippen molar-refractivity contribution in [3.8, 4) is 0 Å². The summed E-state index contributed by atoms with van der Waals surface area (Å²) in [5, 5.41) is 2.51. The van der Waals surface area contributed by atoms with E-state index in [1.807, 2.05) is 0 Å². The van der Waals surface area contributed by atoms with Gasteiger partial charge in [0, 0.05) is 14.1 Å². The molecule has 0 unspecified atom stereocenters. The topological polar surface area (TPSA) is 66.5 Å². The Morgan fingerprint density at radius 3 is 2.19 bits per heavy atom. The Balaban J connectivity index is 2.51. The van der Waals surface area contributed by atoms with E-state index in [1.54, 1.807) is 42.5 Å². The third kappa shape index (κ3) is 2.90. The molecule has 2 aromatic rings. The molecule has 0 saturated heterocycles. The lowest BCUT2D eigenvalue weighted by Crippen LogP contribution is -2.29. The second-order valence-electron chi connectivity index (χ2n) is 4.38. The lowest BCUT2D eigenvalue weighted by molar-refractivity contribution is 0.0964. The van der Waals surface area contributed by atoms with Gasteiger partial charge in [-0.3, -0.25) is 9.10 Å². The molecule has 1 amide bonds. The van der Waals surface area contributed by atoms with Crippen LogP contribution in [0.5, 0.6) is 0 Å². The molecule has 0 aliphatic heterocycles. The molecule has 0 aromatic heterocycles. The van der Waals surface area contributed by atoms with E-state index in [0.29, 0.717) is 11.3 Å². The summed E-state index contributed by atoms with van der Waals surface area (Å²) in [6.45, 7) is 0. The number of nitrogens with one attached hydrogen (secondary N) is 1. The van der Waals surface area contributed by atoms with Crippen LogP contribution in [-0.4, -0.2) is 28.4 Å². The van der Waals surface area contributed by atoms with Gasteiger partial charge in [-0.05, 0) is 24.3 Å². The molecule has 0 aliphatic carbocycles. The first-order valence-electron chi connectivity index (χ1n) is 6.33. The number of hydrogen-bond acceptors (Lipinski definition) is 3. The first kappa shape index (κ1) is 15.1. The van der Waals surface area contributed by atoms with E-state index in [9.17, 15) is 13.2 Å². The van der Waals surface area contributed by atoms with Gasteiger partial charge in [0.15, 0.2) is 0 Å². The van der Waals surface area contributed by atoms with E-state index in [0.717, 1.165) is 4.31 Å². The molecule has 0 fully saturated rings. The summed E-state index contributed by atoms with van der Waals surface area (Å²) in [5.41, 5.74) is 0.641. The Kier molecular flexibility index (Phi) is 4.28. The predicted molar refractivity (Wildman–Crippen MR) is 81.9 cm³/mol. The van der Waals surface area contributed by atoms with Crippen molar-refractivity contribution < 1.29 is 13.2 Å². The van der Waals surface area contributed by atoms with E-state index in [-0.39, 0.29) is 10.8 Å². The van der Waals surface area contributed by atoms with Gasteiger partial charge in [-0.1, -0.05) is 30.3 Å². The Bertz CT molecular complexity index is 743. The van der Waals surface area contributed by atoms with Crippen LogP contribution < -0.4 is 9.62 Å². The van der Waals surface area contributed by atoms with Crippen LogP contribution in [0.2, 0.25) is 0 Å². The third-order valence-corrected chi connectivity index (χ3v) is 4.90. The summed E-state index contributed by atoms with van der Waals surface area (Å²) in [7, 11) is -0.764. The number of rotatable bonds is 4. The Hall–Kier alpha value is -2.34. The molecule has 0 saturated carbocycles. The van der Waals surface area contributed by atoms with Crippen LogP contribution in [0.15, 0.2) is 59.5 Å². The highest BCUT2D eigenvalue weighted by molar-refractivity contribution is 7.92. The molecule has 1 N–H and O–H groups in total. The maximum atomic E-state index is 12.6. The fourth-order valence-corrected chi connectivity index (χ4v) is 3.19. The van der Waals surface area contributed by atoms with Gasteiger partial charge in [0.1, 0.15) is 0 Å². The summed E-state index contributed by atoms with van der Waals surface area (Å²) in [6.07, 6.45) is 0. The van der Waals surface area contributed by atoms with Gasteiger partial charge in [-0.25, -0.2) is 8.42 Å². The van der Waals surface area contributed by atoms with Crippen molar-refractivity contribution in [3.63, 3.8) is 0 Å². The van der Waals surface area contributed by atoms with Crippen LogP contribution in [-0.2, 0) is 10.0 Å². The van der Waals surface area contributed by atoms with Gasteiger partial charge in [0.25, 0.3) is 15.9 Å². The van der Waals surface area contributed by atoms with Crippen LogP contribution in [0.3, 0.4) is 0 Å². The van der Waals surface area contributed by atoms with Gasteiger partial charge < -0.3 is 5.32 Å². The molecule has 2 aromatic carbocycles. The zero-order valence-electron chi connectivity index (χ0n) is 11.8. The highest BCUT2D eigenvalue weighted by Gasteiger charge is 2.24. The highest BCUT2D eigenvalue weighted by Crippen LogP contribution is 2.25.